The van der Waals surface area contributed by atoms with Crippen molar-refractivity contribution in [1.82, 2.24) is 5.32 Å². The molecule has 1 amide bonds. The van der Waals surface area contributed by atoms with E-state index in [0.29, 0.717) is 12.5 Å². The molecule has 1 rings (SSSR count). The zero-order valence-electron chi connectivity index (χ0n) is 12.6. The van der Waals surface area contributed by atoms with Gasteiger partial charge in [-0.2, -0.15) is 0 Å². The Kier molecular flexibility index (Phi) is 5.87. The van der Waals surface area contributed by atoms with Crippen LogP contribution in [-0.4, -0.2) is 18.6 Å². The minimum absolute atomic E-state index is 0.0566. The third-order valence-corrected chi connectivity index (χ3v) is 3.18. The van der Waals surface area contributed by atoms with E-state index in [1.165, 1.54) is 11.1 Å². The van der Waals surface area contributed by atoms with Crippen molar-refractivity contribution in [3.63, 3.8) is 0 Å². The van der Waals surface area contributed by atoms with E-state index in [1.807, 2.05) is 25.1 Å². The van der Waals surface area contributed by atoms with Gasteiger partial charge in [-0.1, -0.05) is 19.9 Å². The van der Waals surface area contributed by atoms with Crippen molar-refractivity contribution in [3.05, 3.63) is 29.3 Å². The number of benzene rings is 1. The molecule has 0 spiro atoms. The van der Waals surface area contributed by atoms with Gasteiger partial charge in [-0.25, -0.2) is 0 Å². The first kappa shape index (κ1) is 15.5. The monoisotopic (exact) mass is 263 g/mol. The highest BCUT2D eigenvalue weighted by atomic mass is 16.5. The van der Waals surface area contributed by atoms with Gasteiger partial charge in [0.1, 0.15) is 5.75 Å². The zero-order chi connectivity index (χ0) is 14.4. The second kappa shape index (κ2) is 7.17. The van der Waals surface area contributed by atoms with Crippen LogP contribution in [0.4, 0.5) is 0 Å². The first-order valence-corrected chi connectivity index (χ1v) is 6.91. The predicted octanol–water partition coefficient (Wildman–Crippen LogP) is 3.23. The smallest absolute Gasteiger partial charge is 0.260 e. The largest absolute Gasteiger partial charge is 0.481 e. The van der Waals surface area contributed by atoms with Crippen LogP contribution in [0.1, 0.15) is 38.3 Å². The van der Waals surface area contributed by atoms with E-state index in [4.69, 9.17) is 4.74 Å². The van der Waals surface area contributed by atoms with E-state index in [2.05, 4.69) is 26.1 Å². The van der Waals surface area contributed by atoms with Gasteiger partial charge >= 0.3 is 0 Å². The minimum Gasteiger partial charge on any atom is -0.481 e. The highest BCUT2D eigenvalue weighted by Crippen LogP contribution is 2.17. The summed E-state index contributed by atoms with van der Waals surface area (Å²) in [7, 11) is 0. The van der Waals surface area contributed by atoms with Gasteiger partial charge in [-0.3, -0.25) is 4.79 Å². The Bertz CT molecular complexity index is 427. The molecule has 0 heterocycles. The molecule has 0 aliphatic carbocycles. The van der Waals surface area contributed by atoms with E-state index in [-0.39, 0.29) is 5.91 Å². The van der Waals surface area contributed by atoms with Crippen LogP contribution in [0.15, 0.2) is 18.2 Å². The number of rotatable bonds is 6. The molecule has 0 bridgehead atoms. The molecule has 1 atom stereocenters. The van der Waals surface area contributed by atoms with Crippen LogP contribution < -0.4 is 10.1 Å². The summed E-state index contributed by atoms with van der Waals surface area (Å²) in [5.74, 6) is 1.28. The molecule has 106 valence electrons. The fourth-order valence-electron chi connectivity index (χ4n) is 1.67. The third-order valence-electron chi connectivity index (χ3n) is 3.18. The number of hydrogen-bond acceptors (Lipinski definition) is 2. The third kappa shape index (κ3) is 5.33. The molecule has 0 saturated carbocycles. The number of carbonyl (C=O) groups is 1. The van der Waals surface area contributed by atoms with Crippen LogP contribution in [0, 0.1) is 19.8 Å². The first-order valence-electron chi connectivity index (χ1n) is 6.91. The fourth-order valence-corrected chi connectivity index (χ4v) is 1.67. The summed E-state index contributed by atoms with van der Waals surface area (Å²) in [6.45, 7) is 10.9. The van der Waals surface area contributed by atoms with Gasteiger partial charge in [0.25, 0.3) is 5.91 Å². The van der Waals surface area contributed by atoms with Gasteiger partial charge in [0.2, 0.25) is 0 Å². The van der Waals surface area contributed by atoms with Crippen LogP contribution in [0.25, 0.3) is 0 Å². The maximum atomic E-state index is 11.8. The second-order valence-electron chi connectivity index (χ2n) is 5.48. The van der Waals surface area contributed by atoms with Crippen LogP contribution in [-0.2, 0) is 4.79 Å². The molecule has 0 aromatic heterocycles. The number of hydrogen-bond donors (Lipinski definition) is 1. The molecule has 0 aliphatic heterocycles. The summed E-state index contributed by atoms with van der Waals surface area (Å²) in [5, 5.41) is 2.90. The van der Waals surface area contributed by atoms with Crippen molar-refractivity contribution in [2.24, 2.45) is 5.92 Å². The molecule has 0 fully saturated rings. The summed E-state index contributed by atoms with van der Waals surface area (Å²) >= 11 is 0. The molecule has 19 heavy (non-hydrogen) atoms. The quantitative estimate of drug-likeness (QED) is 0.855. The lowest BCUT2D eigenvalue weighted by Crippen LogP contribution is -2.37. The Hall–Kier alpha value is -1.51. The van der Waals surface area contributed by atoms with Crippen molar-refractivity contribution < 1.29 is 9.53 Å². The molecule has 1 N–H and O–H groups in total. The molecule has 3 heteroatoms. The average molecular weight is 263 g/mol. The Morgan fingerprint density at radius 3 is 2.47 bits per heavy atom. The van der Waals surface area contributed by atoms with Gasteiger partial charge in [-0.15, -0.1) is 0 Å². The van der Waals surface area contributed by atoms with Crippen molar-refractivity contribution in [3.8, 4) is 5.75 Å². The topological polar surface area (TPSA) is 38.3 Å². The van der Waals surface area contributed by atoms with Crippen molar-refractivity contribution >= 4 is 5.91 Å². The number of carbonyl (C=O) groups excluding carboxylic acids is 1. The molecule has 0 radical (unpaired) electrons. The Balaban J connectivity index is 2.47. The predicted molar refractivity (Wildman–Crippen MR) is 78.5 cm³/mol. The summed E-state index contributed by atoms with van der Waals surface area (Å²) < 4.78 is 5.66. The number of amides is 1. The fraction of sp³-hybridized carbons (Fsp3) is 0.562. The number of aryl methyl sites for hydroxylation is 2. The van der Waals surface area contributed by atoms with Crippen LogP contribution in [0.2, 0.25) is 0 Å². The molecule has 0 unspecified atom stereocenters. The van der Waals surface area contributed by atoms with Gasteiger partial charge in [0.15, 0.2) is 6.10 Å². The first-order chi connectivity index (χ1) is 8.90. The highest BCUT2D eigenvalue weighted by Gasteiger charge is 2.14. The Morgan fingerprint density at radius 1 is 1.21 bits per heavy atom. The highest BCUT2D eigenvalue weighted by molar-refractivity contribution is 5.80. The zero-order valence-corrected chi connectivity index (χ0v) is 12.6. The SMILES string of the molecule is Cc1ccc(O[C@H](C)C(=O)NCCC(C)C)cc1C. The standard InChI is InChI=1S/C16H25NO2/c1-11(2)8-9-17-16(18)14(5)19-15-7-6-12(3)13(4)10-15/h6-7,10-11,14H,8-9H2,1-5H3,(H,17,18)/t14-/m1/s1. The molecule has 1 aromatic carbocycles. The van der Waals surface area contributed by atoms with Crippen molar-refractivity contribution in [2.75, 3.05) is 6.54 Å². The molecule has 0 saturated heterocycles. The normalized spacial score (nSPS) is 12.3. The minimum atomic E-state index is -0.464. The Morgan fingerprint density at radius 2 is 1.89 bits per heavy atom. The van der Waals surface area contributed by atoms with E-state index in [1.54, 1.807) is 6.92 Å². The lowest BCUT2D eigenvalue weighted by Gasteiger charge is -2.16. The maximum absolute atomic E-state index is 11.8. The van der Waals surface area contributed by atoms with E-state index >= 15 is 0 Å². The summed E-state index contributed by atoms with van der Waals surface area (Å²) in [6.07, 6.45) is 0.525. The number of nitrogens with one attached hydrogen (secondary N) is 1. The lowest BCUT2D eigenvalue weighted by atomic mass is 10.1. The van der Waals surface area contributed by atoms with Gasteiger partial charge in [0, 0.05) is 6.54 Å². The van der Waals surface area contributed by atoms with E-state index < -0.39 is 6.10 Å². The summed E-state index contributed by atoms with van der Waals surface area (Å²) in [6, 6.07) is 5.88. The summed E-state index contributed by atoms with van der Waals surface area (Å²) in [5.41, 5.74) is 2.39. The summed E-state index contributed by atoms with van der Waals surface area (Å²) in [4.78, 5) is 11.8. The van der Waals surface area contributed by atoms with Crippen LogP contribution in [0.5, 0.6) is 5.75 Å². The van der Waals surface area contributed by atoms with E-state index in [9.17, 15) is 4.79 Å². The Labute approximate surface area is 116 Å². The maximum Gasteiger partial charge on any atom is 0.260 e. The average Bonchev–Trinajstić information content (AvgIpc) is 2.33. The molecular formula is C16H25NO2. The van der Waals surface area contributed by atoms with E-state index in [0.717, 1.165) is 12.2 Å². The molecule has 3 nitrogen and oxygen atoms in total. The van der Waals surface area contributed by atoms with Crippen molar-refractivity contribution in [1.29, 1.82) is 0 Å². The lowest BCUT2D eigenvalue weighted by molar-refractivity contribution is -0.127. The second-order valence-corrected chi connectivity index (χ2v) is 5.48. The molecular weight excluding hydrogens is 238 g/mol. The number of ether oxygens (including phenoxy) is 1. The molecule has 0 aliphatic rings. The van der Waals surface area contributed by atoms with Crippen LogP contribution >= 0.6 is 0 Å². The van der Waals surface area contributed by atoms with Crippen LogP contribution in [0.3, 0.4) is 0 Å². The van der Waals surface area contributed by atoms with Gasteiger partial charge < -0.3 is 10.1 Å². The van der Waals surface area contributed by atoms with Crippen molar-refractivity contribution in [2.45, 2.75) is 47.1 Å². The van der Waals surface area contributed by atoms with Gasteiger partial charge in [-0.05, 0) is 56.4 Å². The van der Waals surface area contributed by atoms with Gasteiger partial charge in [0.05, 0.1) is 0 Å². The molecule has 1 aromatic rings.